The molecule has 3 aromatic rings. The van der Waals surface area contributed by atoms with Gasteiger partial charge >= 0.3 is 0 Å². The lowest BCUT2D eigenvalue weighted by atomic mass is 10.1. The molecule has 1 N–H and O–H groups in total. The highest BCUT2D eigenvalue weighted by Crippen LogP contribution is 2.33. The van der Waals surface area contributed by atoms with Crippen LogP contribution in [0.1, 0.15) is 5.56 Å². The van der Waals surface area contributed by atoms with E-state index in [0.29, 0.717) is 28.5 Å². The normalized spacial score (nSPS) is 10.2. The minimum atomic E-state index is 0.444. The number of pyridine rings is 1. The average Bonchev–Trinajstić information content (AvgIpc) is 2.67. The van der Waals surface area contributed by atoms with Crippen molar-refractivity contribution in [1.82, 2.24) is 4.98 Å². The first-order valence-electron chi connectivity index (χ1n) is 7.55. The number of aromatic nitrogens is 1. The van der Waals surface area contributed by atoms with E-state index in [0.717, 1.165) is 16.6 Å². The van der Waals surface area contributed by atoms with Crippen LogP contribution in [0.4, 0.5) is 11.4 Å². The first kappa shape index (κ1) is 16.4. The smallest absolute Gasteiger partial charge is 0.124 e. The number of nitrogens with zero attached hydrogens (tertiary/aromatic N) is 2. The van der Waals surface area contributed by atoms with Gasteiger partial charge in [-0.05, 0) is 12.1 Å². The molecule has 0 atom stereocenters. The van der Waals surface area contributed by atoms with E-state index in [-0.39, 0.29) is 0 Å². The number of hydrogen-bond donors (Lipinski definition) is 1. The fraction of sp³-hybridized carbons (Fsp3) is 0.158. The molecule has 0 saturated heterocycles. The number of rotatable bonds is 5. The highest BCUT2D eigenvalue weighted by molar-refractivity contribution is 5.96. The summed E-state index contributed by atoms with van der Waals surface area (Å²) in [5.74, 6) is 2.01. The maximum absolute atomic E-state index is 9.45. The van der Waals surface area contributed by atoms with Gasteiger partial charge in [-0.2, -0.15) is 5.26 Å². The maximum atomic E-state index is 9.45. The quantitative estimate of drug-likeness (QED) is 0.762. The molecule has 0 saturated carbocycles. The molecule has 25 heavy (non-hydrogen) atoms. The maximum Gasteiger partial charge on any atom is 0.124 e. The number of ether oxygens (including phenoxy) is 3. The summed E-state index contributed by atoms with van der Waals surface area (Å²) in [6, 6.07) is 13.2. The Kier molecular flexibility index (Phi) is 4.57. The molecule has 126 valence electrons. The highest BCUT2D eigenvalue weighted by atomic mass is 16.5. The standard InChI is InChI=1S/C19H17N3O3/c1-23-14-4-5-17-18(9-14)21-11-12(10-20)19(17)22-13-6-15(24-2)8-16(7-13)25-3/h4-9,11H,1-3H3,(H,21,22). The molecule has 6 nitrogen and oxygen atoms in total. The lowest BCUT2D eigenvalue weighted by molar-refractivity contribution is 0.395. The van der Waals surface area contributed by atoms with Gasteiger partial charge in [0.1, 0.15) is 23.3 Å². The Balaban J connectivity index is 2.13. The van der Waals surface area contributed by atoms with Gasteiger partial charge in [0, 0.05) is 41.5 Å². The van der Waals surface area contributed by atoms with E-state index in [4.69, 9.17) is 14.2 Å². The second kappa shape index (κ2) is 6.97. The van der Waals surface area contributed by atoms with Crippen LogP contribution in [-0.4, -0.2) is 26.3 Å². The van der Waals surface area contributed by atoms with Crippen molar-refractivity contribution in [2.75, 3.05) is 26.6 Å². The molecule has 1 heterocycles. The molecule has 0 fully saturated rings. The monoisotopic (exact) mass is 335 g/mol. The van der Waals surface area contributed by atoms with Crippen LogP contribution >= 0.6 is 0 Å². The molecule has 0 aliphatic carbocycles. The lowest BCUT2D eigenvalue weighted by Gasteiger charge is -2.14. The van der Waals surface area contributed by atoms with Crippen LogP contribution in [0.2, 0.25) is 0 Å². The van der Waals surface area contributed by atoms with Crippen molar-refractivity contribution < 1.29 is 14.2 Å². The van der Waals surface area contributed by atoms with Crippen molar-refractivity contribution in [3.8, 4) is 23.3 Å². The van der Waals surface area contributed by atoms with Crippen molar-refractivity contribution >= 4 is 22.3 Å². The summed E-state index contributed by atoms with van der Waals surface area (Å²) in [6.07, 6.45) is 1.54. The van der Waals surface area contributed by atoms with Gasteiger partial charge in [0.15, 0.2) is 0 Å². The minimum absolute atomic E-state index is 0.444. The van der Waals surface area contributed by atoms with E-state index >= 15 is 0 Å². The van der Waals surface area contributed by atoms with Gasteiger partial charge in [-0.1, -0.05) is 0 Å². The second-order valence-corrected chi connectivity index (χ2v) is 5.27. The van der Waals surface area contributed by atoms with Crippen LogP contribution in [0.3, 0.4) is 0 Å². The lowest BCUT2D eigenvalue weighted by Crippen LogP contribution is -1.98. The second-order valence-electron chi connectivity index (χ2n) is 5.27. The van der Waals surface area contributed by atoms with Crippen molar-refractivity contribution in [2.45, 2.75) is 0 Å². The number of nitriles is 1. The Morgan fingerprint density at radius 1 is 0.920 bits per heavy atom. The number of methoxy groups -OCH3 is 3. The summed E-state index contributed by atoms with van der Waals surface area (Å²) >= 11 is 0. The van der Waals surface area contributed by atoms with E-state index in [1.54, 1.807) is 33.6 Å². The van der Waals surface area contributed by atoms with E-state index in [9.17, 15) is 5.26 Å². The third-order valence-electron chi connectivity index (χ3n) is 3.82. The highest BCUT2D eigenvalue weighted by Gasteiger charge is 2.11. The Bertz CT molecular complexity index is 942. The van der Waals surface area contributed by atoms with Crippen LogP contribution in [0.15, 0.2) is 42.6 Å². The third-order valence-corrected chi connectivity index (χ3v) is 3.82. The molecule has 6 heteroatoms. The van der Waals surface area contributed by atoms with Crippen LogP contribution in [-0.2, 0) is 0 Å². The summed E-state index contributed by atoms with van der Waals surface area (Å²) in [5, 5.41) is 13.6. The molecule has 2 aromatic carbocycles. The summed E-state index contributed by atoms with van der Waals surface area (Å²) < 4.78 is 15.8. The fourth-order valence-corrected chi connectivity index (χ4v) is 2.54. The van der Waals surface area contributed by atoms with Crippen LogP contribution in [0, 0.1) is 11.3 Å². The molecular weight excluding hydrogens is 318 g/mol. The number of hydrogen-bond acceptors (Lipinski definition) is 6. The Morgan fingerprint density at radius 2 is 1.60 bits per heavy atom. The number of anilines is 2. The van der Waals surface area contributed by atoms with Crippen molar-refractivity contribution in [3.05, 3.63) is 48.2 Å². The van der Waals surface area contributed by atoms with Gasteiger partial charge in [-0.3, -0.25) is 4.98 Å². The molecule has 0 bridgehead atoms. The summed E-state index contributed by atoms with van der Waals surface area (Å²) in [7, 11) is 4.78. The van der Waals surface area contributed by atoms with E-state index in [1.807, 2.05) is 30.3 Å². The number of fused-ring (bicyclic) bond motifs is 1. The molecule has 3 rings (SSSR count). The molecule has 0 amide bonds. The van der Waals surface area contributed by atoms with Crippen LogP contribution in [0.25, 0.3) is 10.9 Å². The third kappa shape index (κ3) is 3.26. The van der Waals surface area contributed by atoms with Gasteiger partial charge in [0.2, 0.25) is 0 Å². The fourth-order valence-electron chi connectivity index (χ4n) is 2.54. The van der Waals surface area contributed by atoms with Crippen molar-refractivity contribution in [2.24, 2.45) is 0 Å². The molecule has 1 aromatic heterocycles. The Hall–Kier alpha value is -3.46. The predicted molar refractivity (Wildman–Crippen MR) is 95.8 cm³/mol. The van der Waals surface area contributed by atoms with E-state index < -0.39 is 0 Å². The number of nitrogens with one attached hydrogen (secondary N) is 1. The summed E-state index contributed by atoms with van der Waals surface area (Å²) in [5.41, 5.74) is 2.59. The van der Waals surface area contributed by atoms with Crippen molar-refractivity contribution in [1.29, 1.82) is 5.26 Å². The molecule has 0 spiro atoms. The SMILES string of the molecule is COc1cc(Nc2c(C#N)cnc3cc(OC)ccc23)cc(OC)c1. The first-order valence-corrected chi connectivity index (χ1v) is 7.55. The van der Waals surface area contributed by atoms with Crippen LogP contribution in [0.5, 0.6) is 17.2 Å². The van der Waals surface area contributed by atoms with E-state index in [1.165, 1.54) is 0 Å². The molecule has 0 aliphatic heterocycles. The largest absolute Gasteiger partial charge is 0.497 e. The van der Waals surface area contributed by atoms with Gasteiger partial charge in [-0.15, -0.1) is 0 Å². The minimum Gasteiger partial charge on any atom is -0.497 e. The summed E-state index contributed by atoms with van der Waals surface area (Å²) in [4.78, 5) is 4.34. The zero-order valence-corrected chi connectivity index (χ0v) is 14.2. The predicted octanol–water partition coefficient (Wildman–Crippen LogP) is 3.88. The number of benzene rings is 2. The zero-order chi connectivity index (χ0) is 17.8. The topological polar surface area (TPSA) is 76.4 Å². The summed E-state index contributed by atoms with van der Waals surface area (Å²) in [6.45, 7) is 0. The van der Waals surface area contributed by atoms with Gasteiger partial charge in [-0.25, -0.2) is 0 Å². The van der Waals surface area contributed by atoms with Crippen LogP contribution < -0.4 is 19.5 Å². The van der Waals surface area contributed by atoms with Gasteiger partial charge < -0.3 is 19.5 Å². The van der Waals surface area contributed by atoms with Gasteiger partial charge in [0.05, 0.1) is 38.1 Å². The Morgan fingerprint density at radius 3 is 2.20 bits per heavy atom. The first-order chi connectivity index (χ1) is 12.2. The van der Waals surface area contributed by atoms with E-state index in [2.05, 4.69) is 16.4 Å². The van der Waals surface area contributed by atoms with Crippen molar-refractivity contribution in [3.63, 3.8) is 0 Å². The molecule has 0 aliphatic rings. The molecular formula is C19H17N3O3. The Labute approximate surface area is 145 Å². The molecule has 0 radical (unpaired) electrons. The van der Waals surface area contributed by atoms with Gasteiger partial charge in [0.25, 0.3) is 0 Å². The zero-order valence-electron chi connectivity index (χ0n) is 14.2. The average molecular weight is 335 g/mol. The molecule has 0 unspecified atom stereocenters.